The van der Waals surface area contributed by atoms with Gasteiger partial charge in [-0.25, -0.2) is 27.2 Å². The van der Waals surface area contributed by atoms with E-state index in [0.717, 1.165) is 10.9 Å². The summed E-state index contributed by atoms with van der Waals surface area (Å²) >= 11 is 6.21. The number of nitrogens with one attached hydrogen (secondary N) is 1. The quantitative estimate of drug-likeness (QED) is 0.229. The maximum absolute atomic E-state index is 13.6. The van der Waals surface area contributed by atoms with Gasteiger partial charge in [0, 0.05) is 18.9 Å². The minimum Gasteiger partial charge on any atom is -0.387 e. The number of imidazole rings is 1. The molecule has 2 aromatic heterocycles. The Labute approximate surface area is 214 Å². The predicted octanol–water partition coefficient (Wildman–Crippen LogP) is 1.12. The molecule has 2 aromatic rings. The van der Waals surface area contributed by atoms with E-state index >= 15 is 0 Å². The van der Waals surface area contributed by atoms with Crippen LogP contribution >= 0.6 is 19.2 Å². The monoisotopic (exact) mass is 585 g/mol. The molecule has 2 fully saturated rings. The van der Waals surface area contributed by atoms with Crippen molar-refractivity contribution in [2.75, 3.05) is 16.6 Å². The van der Waals surface area contributed by atoms with Gasteiger partial charge >= 0.3 is 7.60 Å². The molecule has 5 N–H and O–H groups in total. The molecule has 0 amide bonds. The number of aliphatic hydroxyl groups excluding tert-OH is 2. The first kappa shape index (κ1) is 28.1. The van der Waals surface area contributed by atoms with E-state index in [2.05, 4.69) is 15.3 Å². The summed E-state index contributed by atoms with van der Waals surface area (Å²) in [4.78, 5) is 26.3. The third-order valence-corrected chi connectivity index (χ3v) is 10.3. The topological polar surface area (TPSA) is 208 Å². The van der Waals surface area contributed by atoms with E-state index in [9.17, 15) is 37.2 Å². The van der Waals surface area contributed by atoms with Crippen molar-refractivity contribution in [3.63, 3.8) is 0 Å². The highest BCUT2D eigenvalue weighted by atomic mass is 35.5. The number of rotatable bonds is 7. The van der Waals surface area contributed by atoms with Crippen molar-refractivity contribution in [3.05, 3.63) is 17.0 Å². The zero-order chi connectivity index (χ0) is 27.3. The lowest BCUT2D eigenvalue weighted by molar-refractivity contribution is -0.0360. The highest BCUT2D eigenvalue weighted by molar-refractivity contribution is 7.97. The van der Waals surface area contributed by atoms with Gasteiger partial charge in [-0.1, -0.05) is 11.6 Å². The van der Waals surface area contributed by atoms with E-state index in [0.29, 0.717) is 0 Å². The summed E-state index contributed by atoms with van der Waals surface area (Å²) in [7, 11) is -9.30. The maximum atomic E-state index is 13.6. The molecule has 0 radical (unpaired) electrons. The average Bonchev–Trinajstić information content (AvgIpc) is 3.29. The standard InChI is InChI=1S/C19H23ClF2N5O8PS/c20-16-10(5-23)12(25-9-1-3-19(21,22)4-2-9)13-17(26-16)27(7-24-13)18-15(29)14(28)11(35-18)6-37(33,34)8-36(30,31)32/h7,9,11,14-15,18,28-29H,1-4,6,8H2,(H,25,26)(H2,30,31,32)/t11-,14-,15-,18-/m1/s1. The molecule has 18 heteroatoms. The third-order valence-electron chi connectivity index (χ3n) is 6.24. The van der Waals surface area contributed by atoms with Gasteiger partial charge in [-0.2, -0.15) is 5.26 Å². The Morgan fingerprint density at radius 3 is 2.54 bits per heavy atom. The molecule has 1 saturated carbocycles. The minimum absolute atomic E-state index is 0.0115. The van der Waals surface area contributed by atoms with Gasteiger partial charge in [0.1, 0.15) is 35.5 Å². The lowest BCUT2D eigenvalue weighted by atomic mass is 9.92. The second-order valence-electron chi connectivity index (χ2n) is 9.11. The van der Waals surface area contributed by atoms with E-state index in [1.807, 2.05) is 6.07 Å². The predicted molar refractivity (Wildman–Crippen MR) is 125 cm³/mol. The Hall–Kier alpha value is -1.96. The Morgan fingerprint density at radius 1 is 1.30 bits per heavy atom. The Bertz CT molecular complexity index is 1390. The zero-order valence-electron chi connectivity index (χ0n) is 18.9. The number of nitrogens with zero attached hydrogens (tertiary/aromatic N) is 4. The van der Waals surface area contributed by atoms with Crippen molar-refractivity contribution in [1.29, 1.82) is 5.26 Å². The van der Waals surface area contributed by atoms with Crippen LogP contribution in [0.2, 0.25) is 5.15 Å². The zero-order valence-corrected chi connectivity index (χ0v) is 21.4. The van der Waals surface area contributed by atoms with Crippen molar-refractivity contribution in [1.82, 2.24) is 14.5 Å². The number of aromatic nitrogens is 3. The number of sulfone groups is 1. The van der Waals surface area contributed by atoms with Crippen LogP contribution in [0.4, 0.5) is 14.5 Å². The van der Waals surface area contributed by atoms with E-state index in [1.54, 1.807) is 0 Å². The van der Waals surface area contributed by atoms with Crippen LogP contribution in [0.1, 0.15) is 37.5 Å². The van der Waals surface area contributed by atoms with Gasteiger partial charge in [0.2, 0.25) is 5.92 Å². The van der Waals surface area contributed by atoms with Gasteiger partial charge in [0.25, 0.3) is 0 Å². The molecular formula is C19H23ClF2N5O8PS. The molecule has 1 aliphatic carbocycles. The number of ether oxygens (including phenoxy) is 1. The number of alkyl halides is 2. The molecule has 4 rings (SSSR count). The summed E-state index contributed by atoms with van der Waals surface area (Å²) in [6, 6.07) is 1.50. The second kappa shape index (κ2) is 9.97. The molecule has 1 aliphatic heterocycles. The average molecular weight is 586 g/mol. The molecule has 0 aromatic carbocycles. The fraction of sp³-hybridized carbons (Fsp3) is 0.632. The highest BCUT2D eigenvalue weighted by Crippen LogP contribution is 2.40. The highest BCUT2D eigenvalue weighted by Gasteiger charge is 2.47. The number of pyridine rings is 1. The van der Waals surface area contributed by atoms with Crippen molar-refractivity contribution in [2.24, 2.45) is 0 Å². The van der Waals surface area contributed by atoms with Crippen LogP contribution < -0.4 is 5.32 Å². The van der Waals surface area contributed by atoms with Gasteiger partial charge in [0.05, 0.1) is 17.8 Å². The molecule has 4 atom stereocenters. The molecule has 204 valence electrons. The summed E-state index contributed by atoms with van der Waals surface area (Å²) < 4.78 is 69.3. The van der Waals surface area contributed by atoms with Crippen LogP contribution in [0.25, 0.3) is 11.2 Å². The molecule has 2 aliphatic rings. The van der Waals surface area contributed by atoms with Crippen molar-refractivity contribution in [2.45, 2.75) is 62.2 Å². The van der Waals surface area contributed by atoms with Crippen molar-refractivity contribution < 1.29 is 46.5 Å². The maximum Gasteiger partial charge on any atom is 0.340 e. The number of nitriles is 1. The molecule has 3 heterocycles. The molecule has 0 unspecified atom stereocenters. The largest absolute Gasteiger partial charge is 0.387 e. The summed E-state index contributed by atoms with van der Waals surface area (Å²) in [5, 5.41) is 33.3. The van der Waals surface area contributed by atoms with Crippen LogP contribution in [0.3, 0.4) is 0 Å². The second-order valence-corrected chi connectivity index (χ2v) is 13.7. The van der Waals surface area contributed by atoms with Crippen LogP contribution in [-0.4, -0.2) is 84.5 Å². The summed E-state index contributed by atoms with van der Waals surface area (Å²) in [5.74, 6) is -3.75. The van der Waals surface area contributed by atoms with Gasteiger partial charge in [-0.15, -0.1) is 0 Å². The van der Waals surface area contributed by atoms with Crippen LogP contribution in [0, 0.1) is 11.3 Å². The molecule has 13 nitrogen and oxygen atoms in total. The number of hydrogen-bond donors (Lipinski definition) is 5. The van der Waals surface area contributed by atoms with Crippen molar-refractivity contribution in [3.8, 4) is 6.07 Å². The van der Waals surface area contributed by atoms with E-state index in [1.165, 1.54) is 0 Å². The lowest BCUT2D eigenvalue weighted by Gasteiger charge is -2.29. The fourth-order valence-corrected chi connectivity index (χ4v) is 7.95. The first-order valence-electron chi connectivity index (χ1n) is 11.0. The van der Waals surface area contributed by atoms with Crippen LogP contribution in [-0.2, 0) is 19.1 Å². The molecule has 1 saturated heterocycles. The van der Waals surface area contributed by atoms with E-state index in [4.69, 9.17) is 26.1 Å². The Kier molecular flexibility index (Phi) is 7.56. The number of hydrogen-bond acceptors (Lipinski definition) is 10. The summed E-state index contributed by atoms with van der Waals surface area (Å²) in [6.45, 7) is 0. The van der Waals surface area contributed by atoms with Gasteiger partial charge in [0.15, 0.2) is 32.4 Å². The third kappa shape index (κ3) is 6.04. The number of anilines is 1. The van der Waals surface area contributed by atoms with Crippen molar-refractivity contribution >= 4 is 45.9 Å². The van der Waals surface area contributed by atoms with Crippen LogP contribution in [0.5, 0.6) is 0 Å². The Balaban J connectivity index is 1.64. The number of halogens is 3. The van der Waals surface area contributed by atoms with Gasteiger partial charge in [-0.05, 0) is 12.8 Å². The molecule has 37 heavy (non-hydrogen) atoms. The first-order chi connectivity index (χ1) is 17.1. The number of aliphatic hydroxyl groups is 2. The van der Waals surface area contributed by atoms with E-state index in [-0.39, 0.29) is 53.3 Å². The smallest absolute Gasteiger partial charge is 0.340 e. The number of fused-ring (bicyclic) bond motifs is 1. The normalized spacial score (nSPS) is 26.9. The molecule has 0 spiro atoms. The van der Waals surface area contributed by atoms with Gasteiger partial charge in [-0.3, -0.25) is 9.13 Å². The first-order valence-corrected chi connectivity index (χ1v) is 15.0. The SMILES string of the molecule is N#Cc1c(Cl)nc2c(ncn2[C@@H]2O[C@H](CS(=O)(=O)CP(=O)(O)O)[C@@H](O)[C@H]2O)c1NC1CCC(F)(F)CC1. The fourth-order valence-electron chi connectivity index (χ4n) is 4.49. The summed E-state index contributed by atoms with van der Waals surface area (Å²) in [5.41, 5.74) is -1.31. The summed E-state index contributed by atoms with van der Waals surface area (Å²) in [6.07, 6.45) is -5.67. The van der Waals surface area contributed by atoms with Gasteiger partial charge < -0.3 is 30.1 Å². The van der Waals surface area contributed by atoms with Crippen LogP contribution in [0.15, 0.2) is 6.33 Å². The Morgan fingerprint density at radius 2 is 1.95 bits per heavy atom. The minimum atomic E-state index is -4.92. The molecule has 0 bridgehead atoms. The lowest BCUT2D eigenvalue weighted by Crippen LogP contribution is -2.35. The molecular weight excluding hydrogens is 563 g/mol. The van der Waals surface area contributed by atoms with E-state index < -0.39 is 65.2 Å².